The first kappa shape index (κ1) is 15.9. The van der Waals surface area contributed by atoms with Crippen LogP contribution in [0, 0.1) is 12.8 Å². The highest BCUT2D eigenvalue weighted by Crippen LogP contribution is 2.26. The lowest BCUT2D eigenvalue weighted by Crippen LogP contribution is -2.18. The van der Waals surface area contributed by atoms with Crippen molar-refractivity contribution in [1.29, 1.82) is 0 Å². The van der Waals surface area contributed by atoms with Gasteiger partial charge in [0.25, 0.3) is 0 Å². The Morgan fingerprint density at radius 2 is 2.10 bits per heavy atom. The Morgan fingerprint density at radius 1 is 1.29 bits per heavy atom. The van der Waals surface area contributed by atoms with Crippen LogP contribution >= 0.6 is 11.6 Å². The van der Waals surface area contributed by atoms with E-state index in [0.29, 0.717) is 23.3 Å². The van der Waals surface area contributed by atoms with Gasteiger partial charge in [-0.05, 0) is 43.1 Å². The molecule has 0 saturated carbocycles. The molecule has 0 atom stereocenters. The van der Waals surface area contributed by atoms with Crippen molar-refractivity contribution in [3.05, 3.63) is 52.4 Å². The molecule has 0 amide bonds. The quantitative estimate of drug-likeness (QED) is 0.814. The van der Waals surface area contributed by atoms with Gasteiger partial charge in [-0.15, -0.1) is 0 Å². The van der Waals surface area contributed by atoms with E-state index in [1.54, 1.807) is 6.26 Å². The Balaban J connectivity index is 1.85. The summed E-state index contributed by atoms with van der Waals surface area (Å²) in [6, 6.07) is 7.76. The van der Waals surface area contributed by atoms with Gasteiger partial charge in [-0.25, -0.2) is 0 Å². The second-order valence-electron chi connectivity index (χ2n) is 5.67. The van der Waals surface area contributed by atoms with Gasteiger partial charge in [-0.3, -0.25) is 0 Å². The predicted molar refractivity (Wildman–Crippen MR) is 85.8 cm³/mol. The molecule has 1 aromatic carbocycles. The predicted octanol–water partition coefficient (Wildman–Crippen LogP) is 4.57. The Hall–Kier alpha value is -1.45. The highest BCUT2D eigenvalue weighted by atomic mass is 35.5. The molecule has 0 aliphatic carbocycles. The molecule has 4 heteroatoms. The minimum Gasteiger partial charge on any atom is -0.484 e. The number of furan rings is 1. The van der Waals surface area contributed by atoms with Crippen molar-refractivity contribution >= 4 is 11.6 Å². The minimum absolute atomic E-state index is 0.382. The molecule has 0 radical (unpaired) electrons. The van der Waals surface area contributed by atoms with Gasteiger partial charge in [0.2, 0.25) is 0 Å². The van der Waals surface area contributed by atoms with Gasteiger partial charge in [-0.1, -0.05) is 31.5 Å². The summed E-state index contributed by atoms with van der Waals surface area (Å²) in [6.45, 7) is 8.56. The molecule has 1 N–H and O–H groups in total. The Morgan fingerprint density at radius 3 is 2.81 bits per heavy atom. The van der Waals surface area contributed by atoms with Crippen molar-refractivity contribution in [3.63, 3.8) is 0 Å². The van der Waals surface area contributed by atoms with Gasteiger partial charge in [0.15, 0.2) is 0 Å². The van der Waals surface area contributed by atoms with E-state index in [-0.39, 0.29) is 0 Å². The molecule has 0 bridgehead atoms. The topological polar surface area (TPSA) is 34.4 Å². The second-order valence-corrected chi connectivity index (χ2v) is 6.08. The number of aryl methyl sites for hydroxylation is 1. The number of nitrogens with one attached hydrogen (secondary N) is 1. The average Bonchev–Trinajstić information content (AvgIpc) is 2.85. The molecule has 0 fully saturated rings. The van der Waals surface area contributed by atoms with Crippen molar-refractivity contribution < 1.29 is 9.15 Å². The Kier molecular flexibility index (Phi) is 5.71. The van der Waals surface area contributed by atoms with Crippen LogP contribution in [0.3, 0.4) is 0 Å². The molecule has 0 aliphatic heterocycles. The van der Waals surface area contributed by atoms with Gasteiger partial charge in [0.1, 0.15) is 18.1 Å². The fourth-order valence-electron chi connectivity index (χ4n) is 1.97. The normalized spacial score (nSPS) is 11.1. The number of halogens is 1. The third-order valence-electron chi connectivity index (χ3n) is 3.05. The summed E-state index contributed by atoms with van der Waals surface area (Å²) in [7, 11) is 0. The number of hydrogen-bond donors (Lipinski definition) is 1. The zero-order valence-corrected chi connectivity index (χ0v) is 13.5. The van der Waals surface area contributed by atoms with Crippen LogP contribution < -0.4 is 10.1 Å². The second kappa shape index (κ2) is 7.53. The minimum atomic E-state index is 0.382. The largest absolute Gasteiger partial charge is 0.484 e. The number of ether oxygens (including phenoxy) is 1. The summed E-state index contributed by atoms with van der Waals surface area (Å²) < 4.78 is 11.2. The summed E-state index contributed by atoms with van der Waals surface area (Å²) in [6.07, 6.45) is 1.77. The van der Waals surface area contributed by atoms with Gasteiger partial charge < -0.3 is 14.5 Å². The zero-order valence-electron chi connectivity index (χ0n) is 12.8. The first-order chi connectivity index (χ1) is 10.0. The van der Waals surface area contributed by atoms with E-state index in [1.165, 1.54) is 0 Å². The van der Waals surface area contributed by atoms with Crippen LogP contribution in [-0.4, -0.2) is 6.54 Å². The SMILES string of the molecule is Cc1ccc(OCc2cc(CNCC(C)C)co2)c(Cl)c1. The van der Waals surface area contributed by atoms with Crippen LogP contribution in [0.2, 0.25) is 5.02 Å². The van der Waals surface area contributed by atoms with Crippen LogP contribution in [0.15, 0.2) is 34.9 Å². The van der Waals surface area contributed by atoms with E-state index in [0.717, 1.165) is 30.0 Å². The molecule has 0 unspecified atom stereocenters. The smallest absolute Gasteiger partial charge is 0.146 e. The number of hydrogen-bond acceptors (Lipinski definition) is 3. The molecule has 21 heavy (non-hydrogen) atoms. The summed E-state index contributed by atoms with van der Waals surface area (Å²) in [5.41, 5.74) is 2.24. The fraction of sp³-hybridized carbons (Fsp3) is 0.412. The van der Waals surface area contributed by atoms with E-state index in [1.807, 2.05) is 31.2 Å². The summed E-state index contributed by atoms with van der Waals surface area (Å²) in [5.74, 6) is 2.12. The standard InChI is InChI=1S/C17H22ClNO2/c1-12(2)8-19-9-14-7-15(20-10-14)11-21-17-5-4-13(3)6-16(17)18/h4-7,10,12,19H,8-9,11H2,1-3H3. The van der Waals surface area contributed by atoms with E-state index < -0.39 is 0 Å². The molecule has 1 aromatic heterocycles. The monoisotopic (exact) mass is 307 g/mol. The van der Waals surface area contributed by atoms with Crippen molar-refractivity contribution in [1.82, 2.24) is 5.32 Å². The van der Waals surface area contributed by atoms with Gasteiger partial charge in [-0.2, -0.15) is 0 Å². The van der Waals surface area contributed by atoms with Crippen molar-refractivity contribution in [2.75, 3.05) is 6.54 Å². The van der Waals surface area contributed by atoms with Crippen LogP contribution in [0.25, 0.3) is 0 Å². The number of benzene rings is 1. The summed E-state index contributed by atoms with van der Waals surface area (Å²) >= 11 is 6.13. The lowest BCUT2D eigenvalue weighted by molar-refractivity contribution is 0.270. The highest BCUT2D eigenvalue weighted by molar-refractivity contribution is 6.32. The molecule has 2 aromatic rings. The first-order valence-electron chi connectivity index (χ1n) is 7.20. The van der Waals surface area contributed by atoms with Crippen molar-refractivity contribution in [3.8, 4) is 5.75 Å². The maximum absolute atomic E-state index is 6.13. The molecule has 114 valence electrons. The lowest BCUT2D eigenvalue weighted by Gasteiger charge is -2.06. The van der Waals surface area contributed by atoms with E-state index in [9.17, 15) is 0 Å². The maximum Gasteiger partial charge on any atom is 0.146 e. The molecule has 0 aliphatic rings. The molecule has 0 spiro atoms. The third-order valence-corrected chi connectivity index (χ3v) is 3.34. The molecule has 3 nitrogen and oxygen atoms in total. The summed E-state index contributed by atoms with van der Waals surface area (Å²) in [5, 5.41) is 4.01. The zero-order chi connectivity index (χ0) is 15.2. The Labute approximate surface area is 131 Å². The highest BCUT2D eigenvalue weighted by Gasteiger charge is 2.06. The van der Waals surface area contributed by atoms with E-state index >= 15 is 0 Å². The van der Waals surface area contributed by atoms with Crippen LogP contribution in [-0.2, 0) is 13.2 Å². The molecule has 0 saturated heterocycles. The van der Waals surface area contributed by atoms with Gasteiger partial charge in [0.05, 0.1) is 11.3 Å². The third kappa shape index (κ3) is 5.10. The van der Waals surface area contributed by atoms with Crippen molar-refractivity contribution in [2.45, 2.75) is 33.9 Å². The molecular weight excluding hydrogens is 286 g/mol. The molecule has 1 heterocycles. The average molecular weight is 308 g/mol. The van der Waals surface area contributed by atoms with Gasteiger partial charge >= 0.3 is 0 Å². The van der Waals surface area contributed by atoms with Crippen LogP contribution in [0.5, 0.6) is 5.75 Å². The Bertz CT molecular complexity index is 578. The summed E-state index contributed by atoms with van der Waals surface area (Å²) in [4.78, 5) is 0. The molecule has 2 rings (SSSR count). The maximum atomic E-state index is 6.13. The van der Waals surface area contributed by atoms with Crippen LogP contribution in [0.4, 0.5) is 0 Å². The fourth-order valence-corrected chi connectivity index (χ4v) is 2.26. The first-order valence-corrected chi connectivity index (χ1v) is 7.58. The van der Waals surface area contributed by atoms with Gasteiger partial charge in [0, 0.05) is 12.1 Å². The molecular formula is C17H22ClNO2. The lowest BCUT2D eigenvalue weighted by atomic mass is 10.2. The van der Waals surface area contributed by atoms with E-state index in [2.05, 4.69) is 19.2 Å². The van der Waals surface area contributed by atoms with Crippen molar-refractivity contribution in [2.24, 2.45) is 5.92 Å². The number of rotatable bonds is 7. The van der Waals surface area contributed by atoms with E-state index in [4.69, 9.17) is 20.8 Å². The van der Waals surface area contributed by atoms with Crippen LogP contribution in [0.1, 0.15) is 30.7 Å².